The van der Waals surface area contributed by atoms with E-state index in [0.717, 1.165) is 70.0 Å². The van der Waals surface area contributed by atoms with Gasteiger partial charge < -0.3 is 50.8 Å². The predicted molar refractivity (Wildman–Crippen MR) is 289 cm³/mol. The van der Waals surface area contributed by atoms with Crippen LogP contribution in [0.2, 0.25) is 0 Å². The number of amides is 4. The zero-order valence-electron chi connectivity index (χ0n) is 44.0. The second-order valence-electron chi connectivity index (χ2n) is 20.7. The number of aromatic nitrogens is 4. The molecule has 8 rings (SSSR count). The molecule has 73 heavy (non-hydrogen) atoms. The first-order valence-electron chi connectivity index (χ1n) is 26.4. The number of carbonyl (C=O) groups excluding carboxylic acids is 4. The van der Waals surface area contributed by atoms with Gasteiger partial charge in [-0.15, -0.1) is 0 Å². The molecular formula is C57H76N12O4. The first-order chi connectivity index (χ1) is 35.3. The summed E-state index contributed by atoms with van der Waals surface area (Å²) in [4.78, 5) is 68.7. The summed E-state index contributed by atoms with van der Waals surface area (Å²) in [6.07, 6.45) is 15.4. The Bertz CT molecular complexity index is 2680. The van der Waals surface area contributed by atoms with Gasteiger partial charge in [0.1, 0.15) is 0 Å². The van der Waals surface area contributed by atoms with Gasteiger partial charge in [-0.2, -0.15) is 0 Å². The Labute approximate surface area is 430 Å². The van der Waals surface area contributed by atoms with E-state index >= 15 is 0 Å². The maximum absolute atomic E-state index is 14.0. The van der Waals surface area contributed by atoms with E-state index in [0.29, 0.717) is 56.8 Å². The molecule has 6 heterocycles. The Hall–Kier alpha value is -6.46. The summed E-state index contributed by atoms with van der Waals surface area (Å²) in [5.74, 6) is 0.144. The lowest BCUT2D eigenvalue weighted by Crippen LogP contribution is -2.51. The molecule has 6 aromatic rings. The lowest BCUT2D eigenvalue weighted by Gasteiger charge is -2.32. The van der Waals surface area contributed by atoms with Crippen molar-refractivity contribution in [1.82, 2.24) is 60.8 Å². The van der Waals surface area contributed by atoms with Crippen molar-refractivity contribution in [2.75, 3.05) is 53.4 Å². The van der Waals surface area contributed by atoms with Crippen LogP contribution in [0.4, 0.5) is 0 Å². The third kappa shape index (κ3) is 11.8. The molecular weight excluding hydrogens is 917 g/mol. The van der Waals surface area contributed by atoms with Gasteiger partial charge in [-0.25, -0.2) is 0 Å². The molecule has 4 amide bonds. The van der Waals surface area contributed by atoms with Crippen molar-refractivity contribution < 1.29 is 19.2 Å². The van der Waals surface area contributed by atoms with Crippen molar-refractivity contribution >= 4 is 45.4 Å². The number of likely N-dealkylation sites (N-methyl/N-ethyl adjacent to an activating group) is 2. The number of fused-ring (bicyclic) bond motifs is 2. The van der Waals surface area contributed by atoms with Gasteiger partial charge in [0.15, 0.2) is 0 Å². The normalized spacial score (nSPS) is 17.7. The topological polar surface area (TPSA) is 183 Å². The molecule has 6 atom stereocenters. The zero-order chi connectivity index (χ0) is 51.8. The standard InChI is InChI=1S/C57H76N12O4/c1-36(2)52(64-30-38(5)58-7)56(72)68-24-11-18-48(68)40-28-42(34-60-32-40)66-26-20-44-46(14-9-16-50(44)66)54(70)62-22-13-23-63-55(71)47-15-10-17-51-45(47)21-27-67(51)43-29-41(33-61-35-43)49-19-12-25-69(49)57(73)53(37(3)4)65-31-39(6)59-8/h9-10,14-17,20-21,26-29,32-39,48-49,52-53,58-59,64-65H,11-13,18-19,22-25,30-31H2,1-8H3,(H,62,70)(H,63,71)/t38-,39-,48-,49-,52-,53-/m0/s1. The maximum atomic E-state index is 14.0. The van der Waals surface area contributed by atoms with Crippen molar-refractivity contribution in [2.24, 2.45) is 11.8 Å². The van der Waals surface area contributed by atoms with E-state index in [-0.39, 0.29) is 71.7 Å². The summed E-state index contributed by atoms with van der Waals surface area (Å²) in [6, 6.07) is 19.3. The number of carbonyl (C=O) groups is 4. The van der Waals surface area contributed by atoms with Crippen LogP contribution in [0.25, 0.3) is 33.2 Å². The molecule has 16 heteroatoms. The number of rotatable bonds is 22. The Morgan fingerprint density at radius 3 is 1.41 bits per heavy atom. The number of likely N-dealkylation sites (tertiary alicyclic amines) is 2. The number of hydrogen-bond acceptors (Lipinski definition) is 10. The molecule has 0 radical (unpaired) electrons. The maximum Gasteiger partial charge on any atom is 0.251 e. The Balaban J connectivity index is 0.871. The van der Waals surface area contributed by atoms with E-state index in [1.807, 2.05) is 119 Å². The van der Waals surface area contributed by atoms with Crippen molar-refractivity contribution in [2.45, 2.75) is 110 Å². The van der Waals surface area contributed by atoms with Gasteiger partial charge >= 0.3 is 0 Å². The second kappa shape index (κ2) is 24.1. The molecule has 0 spiro atoms. The van der Waals surface area contributed by atoms with Gasteiger partial charge in [0.05, 0.1) is 59.0 Å². The van der Waals surface area contributed by atoms with E-state index in [2.05, 4.69) is 95.5 Å². The minimum Gasteiger partial charge on any atom is -0.352 e. The molecule has 2 saturated heterocycles. The van der Waals surface area contributed by atoms with Crippen LogP contribution < -0.4 is 31.9 Å². The van der Waals surface area contributed by atoms with Gasteiger partial charge in [-0.05, 0) is 132 Å². The molecule has 2 fully saturated rings. The van der Waals surface area contributed by atoms with E-state index in [1.165, 1.54) is 0 Å². The summed E-state index contributed by atoms with van der Waals surface area (Å²) < 4.78 is 4.09. The van der Waals surface area contributed by atoms with E-state index in [9.17, 15) is 19.2 Å². The summed E-state index contributed by atoms with van der Waals surface area (Å²) in [5, 5.41) is 21.3. The highest BCUT2D eigenvalue weighted by molar-refractivity contribution is 6.07. The third-order valence-electron chi connectivity index (χ3n) is 14.9. The van der Waals surface area contributed by atoms with Crippen LogP contribution in [0.1, 0.15) is 118 Å². The van der Waals surface area contributed by atoms with Crippen molar-refractivity contribution in [3.8, 4) is 11.4 Å². The molecule has 4 aromatic heterocycles. The second-order valence-corrected chi connectivity index (χ2v) is 20.7. The van der Waals surface area contributed by atoms with Crippen LogP contribution in [0.5, 0.6) is 0 Å². The fraction of sp³-hybridized carbons (Fsp3) is 0.474. The Morgan fingerprint density at radius 2 is 1.01 bits per heavy atom. The quantitative estimate of drug-likeness (QED) is 0.0402. The number of pyridine rings is 2. The molecule has 0 unspecified atom stereocenters. The summed E-state index contributed by atoms with van der Waals surface area (Å²) >= 11 is 0. The van der Waals surface area contributed by atoms with Crippen molar-refractivity contribution in [1.29, 1.82) is 0 Å². The molecule has 0 saturated carbocycles. The number of benzene rings is 2. The fourth-order valence-electron chi connectivity index (χ4n) is 10.5. The van der Waals surface area contributed by atoms with Crippen LogP contribution in [-0.2, 0) is 9.59 Å². The molecule has 0 aliphatic carbocycles. The van der Waals surface area contributed by atoms with Crippen LogP contribution in [0.3, 0.4) is 0 Å². The van der Waals surface area contributed by atoms with Crippen molar-refractivity contribution in [3.05, 3.63) is 120 Å². The van der Waals surface area contributed by atoms with Gasteiger partial charge in [0.25, 0.3) is 11.8 Å². The van der Waals surface area contributed by atoms with Gasteiger partial charge in [-0.3, -0.25) is 29.1 Å². The molecule has 2 aliphatic heterocycles. The summed E-state index contributed by atoms with van der Waals surface area (Å²) in [7, 11) is 3.86. The minimum atomic E-state index is -0.280. The van der Waals surface area contributed by atoms with Crippen LogP contribution in [0.15, 0.2) is 97.8 Å². The Kier molecular flexibility index (Phi) is 17.4. The summed E-state index contributed by atoms with van der Waals surface area (Å²) in [6.45, 7) is 16.1. The molecule has 0 bridgehead atoms. The lowest BCUT2D eigenvalue weighted by molar-refractivity contribution is -0.136. The number of hydrogen-bond donors (Lipinski definition) is 6. The van der Waals surface area contributed by atoms with E-state index < -0.39 is 0 Å². The predicted octanol–water partition coefficient (Wildman–Crippen LogP) is 6.69. The first kappa shape index (κ1) is 52.9. The van der Waals surface area contributed by atoms with Crippen molar-refractivity contribution in [3.63, 3.8) is 0 Å². The largest absolute Gasteiger partial charge is 0.352 e. The SMILES string of the molecule is CN[C@@H](C)CN[C@H](C(=O)N1CCC[C@H]1c1cncc(-n2ccc3c(C(=O)NCCCNC(=O)c4cccc5c4ccn5-c4cncc([C@@H]5CCCN5C(=O)[C@@H](NC[C@H](C)NC)C(C)C)c4)cccc32)c1)C(C)C. The fourth-order valence-corrected chi connectivity index (χ4v) is 10.5. The monoisotopic (exact) mass is 993 g/mol. The highest BCUT2D eigenvalue weighted by Crippen LogP contribution is 2.36. The Morgan fingerprint density at radius 1 is 0.589 bits per heavy atom. The third-order valence-corrected chi connectivity index (χ3v) is 14.9. The van der Waals surface area contributed by atoms with Crippen LogP contribution >= 0.6 is 0 Å². The van der Waals surface area contributed by atoms with Crippen LogP contribution in [0, 0.1) is 11.8 Å². The van der Waals surface area contributed by atoms with Gasteiger partial charge in [0, 0.05) is 98.0 Å². The zero-order valence-corrected chi connectivity index (χ0v) is 44.0. The van der Waals surface area contributed by atoms with Gasteiger partial charge in [-0.1, -0.05) is 39.8 Å². The molecule has 388 valence electrons. The lowest BCUT2D eigenvalue weighted by atomic mass is 10.0. The molecule has 2 aromatic carbocycles. The van der Waals surface area contributed by atoms with Gasteiger partial charge in [0.2, 0.25) is 11.8 Å². The molecule has 6 N–H and O–H groups in total. The highest BCUT2D eigenvalue weighted by Gasteiger charge is 2.37. The van der Waals surface area contributed by atoms with Crippen LogP contribution in [-0.4, -0.2) is 130 Å². The highest BCUT2D eigenvalue weighted by atomic mass is 16.2. The summed E-state index contributed by atoms with van der Waals surface area (Å²) in [5.41, 5.74) is 6.58. The molecule has 16 nitrogen and oxygen atoms in total. The number of nitrogens with zero attached hydrogens (tertiary/aromatic N) is 6. The number of nitrogens with one attached hydrogen (secondary N) is 6. The van der Waals surface area contributed by atoms with E-state index in [4.69, 9.17) is 0 Å². The molecule has 2 aliphatic rings. The first-order valence-corrected chi connectivity index (χ1v) is 26.4. The average Bonchev–Trinajstić information content (AvgIpc) is 4.25. The average molecular weight is 993 g/mol. The smallest absolute Gasteiger partial charge is 0.251 e. The van der Waals surface area contributed by atoms with E-state index in [1.54, 1.807) is 0 Å². The minimum absolute atomic E-state index is 0.0713.